The maximum atomic E-state index is 11.5. The smallest absolute Gasteiger partial charge is 0.308 e. The summed E-state index contributed by atoms with van der Waals surface area (Å²) < 4.78 is 17.3. The molecule has 2 aromatic rings. The number of fused-ring (bicyclic) bond motifs is 1. The molecule has 0 saturated carbocycles. The Morgan fingerprint density at radius 2 is 1.50 bits per heavy atom. The van der Waals surface area contributed by atoms with Crippen LogP contribution in [0.1, 0.15) is 46.5 Å². The van der Waals surface area contributed by atoms with Gasteiger partial charge in [-0.2, -0.15) is 0 Å². The summed E-state index contributed by atoms with van der Waals surface area (Å²) >= 11 is 0. The fourth-order valence-corrected chi connectivity index (χ4v) is 2.42. The molecule has 2 aromatic carbocycles. The van der Waals surface area contributed by atoms with Gasteiger partial charge in [-0.05, 0) is 12.8 Å². The zero-order chi connectivity index (χ0) is 17.4. The average Bonchev–Trinajstić information content (AvgIpc) is 2.57. The lowest BCUT2D eigenvalue weighted by molar-refractivity contribution is -0.131. The number of benzene rings is 2. The minimum atomic E-state index is -0.361. The van der Waals surface area contributed by atoms with Crippen LogP contribution in [-0.4, -0.2) is 19.2 Å². The van der Waals surface area contributed by atoms with Gasteiger partial charge < -0.3 is 14.2 Å². The second-order valence-electron chi connectivity index (χ2n) is 5.75. The number of unbranched alkanes of at least 4 members (excludes halogenated alkanes) is 2. The minimum Gasteiger partial charge on any atom is -0.493 e. The molecule has 0 amide bonds. The Morgan fingerprint density at radius 1 is 0.917 bits per heavy atom. The van der Waals surface area contributed by atoms with E-state index in [1.807, 2.05) is 30.3 Å². The Morgan fingerprint density at radius 3 is 2.08 bits per heavy atom. The van der Waals surface area contributed by atoms with E-state index >= 15 is 0 Å². The summed E-state index contributed by atoms with van der Waals surface area (Å²) in [5.41, 5.74) is 0. The van der Waals surface area contributed by atoms with Gasteiger partial charge in [0.05, 0.1) is 13.2 Å². The van der Waals surface area contributed by atoms with Crippen LogP contribution < -0.4 is 14.2 Å². The molecule has 4 heteroatoms. The van der Waals surface area contributed by atoms with Crippen molar-refractivity contribution in [2.75, 3.05) is 13.2 Å². The molecule has 2 rings (SSSR count). The monoisotopic (exact) mass is 330 g/mol. The highest BCUT2D eigenvalue weighted by Crippen LogP contribution is 2.42. The van der Waals surface area contributed by atoms with E-state index in [9.17, 15) is 4.79 Å². The zero-order valence-corrected chi connectivity index (χ0v) is 14.8. The summed E-state index contributed by atoms with van der Waals surface area (Å²) in [6.07, 6.45) is 4.05. The number of hydrogen-bond donors (Lipinski definition) is 0. The molecule has 0 aliphatic carbocycles. The van der Waals surface area contributed by atoms with Crippen LogP contribution in [0.4, 0.5) is 0 Å². The topological polar surface area (TPSA) is 44.8 Å². The quantitative estimate of drug-likeness (QED) is 0.363. The molecule has 0 N–H and O–H groups in total. The Labute approximate surface area is 143 Å². The van der Waals surface area contributed by atoms with Crippen LogP contribution in [0.3, 0.4) is 0 Å². The summed E-state index contributed by atoms with van der Waals surface area (Å²) in [4.78, 5) is 11.5. The first-order chi connectivity index (χ1) is 11.7. The fourth-order valence-electron chi connectivity index (χ4n) is 2.42. The van der Waals surface area contributed by atoms with Gasteiger partial charge in [0.2, 0.25) is 0 Å². The summed E-state index contributed by atoms with van der Waals surface area (Å²) in [6.45, 7) is 6.87. The third-order valence-electron chi connectivity index (χ3n) is 3.68. The molecule has 0 aromatic heterocycles. The van der Waals surface area contributed by atoms with E-state index in [4.69, 9.17) is 14.2 Å². The Hall–Kier alpha value is -2.23. The number of ether oxygens (including phenoxy) is 3. The molecule has 0 fully saturated rings. The van der Waals surface area contributed by atoms with E-state index in [2.05, 4.69) is 13.8 Å². The predicted molar refractivity (Wildman–Crippen MR) is 96.1 cm³/mol. The van der Waals surface area contributed by atoms with Crippen LogP contribution in [-0.2, 0) is 4.79 Å². The SMILES string of the molecule is CCCCOc1cc(OCCCC)c2ccccc2c1OC(C)=O. The van der Waals surface area contributed by atoms with Gasteiger partial charge in [0.1, 0.15) is 5.75 Å². The van der Waals surface area contributed by atoms with Gasteiger partial charge in [-0.15, -0.1) is 0 Å². The van der Waals surface area contributed by atoms with Crippen molar-refractivity contribution in [3.05, 3.63) is 30.3 Å². The van der Waals surface area contributed by atoms with E-state index in [0.29, 0.717) is 24.7 Å². The van der Waals surface area contributed by atoms with Crippen molar-refractivity contribution in [1.82, 2.24) is 0 Å². The molecule has 0 spiro atoms. The molecule has 0 radical (unpaired) electrons. The molecular formula is C20H26O4. The van der Waals surface area contributed by atoms with Gasteiger partial charge in [0.15, 0.2) is 11.5 Å². The van der Waals surface area contributed by atoms with Crippen molar-refractivity contribution in [3.63, 3.8) is 0 Å². The summed E-state index contributed by atoms with van der Waals surface area (Å²) in [5.74, 6) is 1.43. The van der Waals surface area contributed by atoms with Crippen LogP contribution in [0.2, 0.25) is 0 Å². The average molecular weight is 330 g/mol. The molecule has 0 saturated heterocycles. The van der Waals surface area contributed by atoms with Crippen molar-refractivity contribution >= 4 is 16.7 Å². The van der Waals surface area contributed by atoms with Crippen LogP contribution in [0.5, 0.6) is 17.2 Å². The lowest BCUT2D eigenvalue weighted by atomic mass is 10.1. The van der Waals surface area contributed by atoms with Gasteiger partial charge in [0, 0.05) is 23.8 Å². The molecule has 0 aliphatic heterocycles. The molecule has 24 heavy (non-hydrogen) atoms. The number of hydrogen-bond acceptors (Lipinski definition) is 4. The third-order valence-corrected chi connectivity index (χ3v) is 3.68. The standard InChI is InChI=1S/C20H26O4/c1-4-6-12-22-18-14-19(23-13-7-5-2)20(24-15(3)21)17-11-9-8-10-16(17)18/h8-11,14H,4-7,12-13H2,1-3H3. The largest absolute Gasteiger partial charge is 0.493 e. The number of rotatable bonds is 9. The molecule has 0 bridgehead atoms. The molecular weight excluding hydrogens is 304 g/mol. The Balaban J connectivity index is 2.46. The van der Waals surface area contributed by atoms with Crippen molar-refractivity contribution in [2.45, 2.75) is 46.5 Å². The molecule has 0 atom stereocenters. The molecule has 4 nitrogen and oxygen atoms in total. The molecule has 0 aliphatic rings. The number of esters is 1. The van der Waals surface area contributed by atoms with Gasteiger partial charge in [-0.25, -0.2) is 0 Å². The lowest BCUT2D eigenvalue weighted by Gasteiger charge is -2.17. The molecule has 0 heterocycles. The Bertz CT molecular complexity index is 679. The first-order valence-corrected chi connectivity index (χ1v) is 8.67. The summed E-state index contributed by atoms with van der Waals surface area (Å²) in [6, 6.07) is 9.60. The highest BCUT2D eigenvalue weighted by atomic mass is 16.6. The summed E-state index contributed by atoms with van der Waals surface area (Å²) in [5, 5.41) is 1.75. The maximum absolute atomic E-state index is 11.5. The second-order valence-corrected chi connectivity index (χ2v) is 5.75. The normalized spacial score (nSPS) is 10.6. The van der Waals surface area contributed by atoms with Crippen LogP contribution >= 0.6 is 0 Å². The van der Waals surface area contributed by atoms with Crippen molar-refractivity contribution in [3.8, 4) is 17.2 Å². The van der Waals surface area contributed by atoms with E-state index in [1.165, 1.54) is 6.92 Å². The number of carbonyl (C=O) groups excluding carboxylic acids is 1. The van der Waals surface area contributed by atoms with Gasteiger partial charge in [0.25, 0.3) is 0 Å². The fraction of sp³-hybridized carbons (Fsp3) is 0.450. The van der Waals surface area contributed by atoms with Crippen molar-refractivity contribution in [1.29, 1.82) is 0 Å². The van der Waals surface area contributed by atoms with E-state index < -0.39 is 0 Å². The zero-order valence-electron chi connectivity index (χ0n) is 14.8. The third kappa shape index (κ3) is 4.63. The lowest BCUT2D eigenvalue weighted by Crippen LogP contribution is -2.07. The second kappa shape index (κ2) is 9.16. The maximum Gasteiger partial charge on any atom is 0.308 e. The van der Waals surface area contributed by atoms with E-state index in [-0.39, 0.29) is 5.97 Å². The highest BCUT2D eigenvalue weighted by Gasteiger charge is 2.17. The number of carbonyl (C=O) groups is 1. The van der Waals surface area contributed by atoms with Crippen LogP contribution in [0.15, 0.2) is 30.3 Å². The van der Waals surface area contributed by atoms with Crippen molar-refractivity contribution in [2.24, 2.45) is 0 Å². The van der Waals surface area contributed by atoms with E-state index in [1.54, 1.807) is 0 Å². The highest BCUT2D eigenvalue weighted by molar-refractivity contribution is 5.97. The van der Waals surface area contributed by atoms with Crippen LogP contribution in [0.25, 0.3) is 10.8 Å². The predicted octanol–water partition coefficient (Wildman–Crippen LogP) is 5.12. The Kier molecular flexibility index (Phi) is 6.91. The molecule has 130 valence electrons. The first kappa shape index (κ1) is 18.1. The van der Waals surface area contributed by atoms with Gasteiger partial charge >= 0.3 is 5.97 Å². The molecule has 0 unspecified atom stereocenters. The van der Waals surface area contributed by atoms with Gasteiger partial charge in [-0.1, -0.05) is 51.0 Å². The van der Waals surface area contributed by atoms with Crippen LogP contribution in [0, 0.1) is 0 Å². The minimum absolute atomic E-state index is 0.361. The van der Waals surface area contributed by atoms with Crippen molar-refractivity contribution < 1.29 is 19.0 Å². The van der Waals surface area contributed by atoms with E-state index in [0.717, 1.165) is 42.2 Å². The van der Waals surface area contributed by atoms with Gasteiger partial charge in [-0.3, -0.25) is 4.79 Å². The summed E-state index contributed by atoms with van der Waals surface area (Å²) in [7, 11) is 0. The first-order valence-electron chi connectivity index (χ1n) is 8.67.